The highest BCUT2D eigenvalue weighted by atomic mass is 16.1. The first-order chi connectivity index (χ1) is 10.6. The third-order valence-corrected chi connectivity index (χ3v) is 3.68. The first-order valence-electron chi connectivity index (χ1n) is 7.24. The van der Waals surface area contributed by atoms with E-state index in [2.05, 4.69) is 15.3 Å². The monoisotopic (exact) mass is 294 g/mol. The lowest BCUT2D eigenvalue weighted by Gasteiger charge is -2.13. The van der Waals surface area contributed by atoms with Crippen LogP contribution in [0.3, 0.4) is 0 Å². The van der Waals surface area contributed by atoms with Gasteiger partial charge in [0.1, 0.15) is 5.65 Å². The molecule has 3 aromatic heterocycles. The summed E-state index contributed by atoms with van der Waals surface area (Å²) in [5.74, 6) is -0.0190. The second kappa shape index (κ2) is 5.97. The van der Waals surface area contributed by atoms with Crippen molar-refractivity contribution >= 4 is 16.9 Å². The number of nitrogens with zero attached hydrogens (tertiary/aromatic N) is 3. The number of aromatic nitrogens is 3. The molecule has 1 amide bonds. The molecule has 0 aromatic carbocycles. The van der Waals surface area contributed by atoms with Gasteiger partial charge >= 0.3 is 0 Å². The summed E-state index contributed by atoms with van der Waals surface area (Å²) in [6.45, 7) is 1.94. The Morgan fingerprint density at radius 2 is 2.05 bits per heavy atom. The van der Waals surface area contributed by atoms with Crippen molar-refractivity contribution < 1.29 is 4.79 Å². The predicted octanol–water partition coefficient (Wildman–Crippen LogP) is 2.39. The Hall–Kier alpha value is -2.69. The number of rotatable bonds is 4. The standard InChI is InChI=1S/C17H18N4O/c1-12(15-7-3-4-8-18-15)20-16(22)10-13-11-21(2)17-14(13)6-5-9-19-17/h3-9,11-12H,10H2,1-2H3,(H,20,22)/t12-/m1/s1. The van der Waals surface area contributed by atoms with Crippen LogP contribution < -0.4 is 5.32 Å². The number of carbonyl (C=O) groups excluding carboxylic acids is 1. The zero-order valence-electron chi connectivity index (χ0n) is 12.7. The average molecular weight is 294 g/mol. The number of fused-ring (bicyclic) bond motifs is 1. The van der Waals surface area contributed by atoms with Gasteiger partial charge in [0.2, 0.25) is 5.91 Å². The highest BCUT2D eigenvalue weighted by Gasteiger charge is 2.14. The van der Waals surface area contributed by atoms with Crippen LogP contribution >= 0.6 is 0 Å². The molecule has 0 bridgehead atoms. The minimum absolute atomic E-state index is 0.0190. The van der Waals surface area contributed by atoms with Gasteiger partial charge in [-0.1, -0.05) is 6.07 Å². The van der Waals surface area contributed by atoms with E-state index in [0.29, 0.717) is 6.42 Å². The fourth-order valence-corrected chi connectivity index (χ4v) is 2.61. The highest BCUT2D eigenvalue weighted by Crippen LogP contribution is 2.19. The zero-order chi connectivity index (χ0) is 15.5. The molecule has 0 aliphatic carbocycles. The fourth-order valence-electron chi connectivity index (χ4n) is 2.61. The Morgan fingerprint density at radius 3 is 2.82 bits per heavy atom. The molecule has 0 saturated carbocycles. The summed E-state index contributed by atoms with van der Waals surface area (Å²) in [5, 5.41) is 4.01. The van der Waals surface area contributed by atoms with Gasteiger partial charge in [0.25, 0.3) is 0 Å². The molecule has 0 unspecified atom stereocenters. The van der Waals surface area contributed by atoms with Crippen molar-refractivity contribution in [3.05, 3.63) is 60.2 Å². The third kappa shape index (κ3) is 2.83. The lowest BCUT2D eigenvalue weighted by Crippen LogP contribution is -2.28. The summed E-state index contributed by atoms with van der Waals surface area (Å²) in [6, 6.07) is 9.46. The van der Waals surface area contributed by atoms with E-state index < -0.39 is 0 Å². The predicted molar refractivity (Wildman–Crippen MR) is 85.2 cm³/mol. The fraction of sp³-hybridized carbons (Fsp3) is 0.235. The molecular formula is C17H18N4O. The van der Waals surface area contributed by atoms with Crippen molar-refractivity contribution in [2.24, 2.45) is 7.05 Å². The number of carbonyl (C=O) groups is 1. The van der Waals surface area contributed by atoms with Gasteiger partial charge in [0.15, 0.2) is 0 Å². The second-order valence-corrected chi connectivity index (χ2v) is 5.36. The molecule has 5 nitrogen and oxygen atoms in total. The topological polar surface area (TPSA) is 59.8 Å². The Balaban J connectivity index is 1.74. The van der Waals surface area contributed by atoms with Crippen LogP contribution in [0.25, 0.3) is 11.0 Å². The van der Waals surface area contributed by atoms with Crippen LogP contribution in [0.15, 0.2) is 48.9 Å². The van der Waals surface area contributed by atoms with Crippen molar-refractivity contribution in [2.75, 3.05) is 0 Å². The number of aryl methyl sites for hydroxylation is 1. The van der Waals surface area contributed by atoms with Gasteiger partial charge < -0.3 is 9.88 Å². The first kappa shape index (κ1) is 14.3. The van der Waals surface area contributed by atoms with Crippen LogP contribution in [0.1, 0.15) is 24.2 Å². The SMILES string of the molecule is C[C@@H](NC(=O)Cc1cn(C)c2ncccc12)c1ccccn1. The summed E-state index contributed by atoms with van der Waals surface area (Å²) >= 11 is 0. The van der Waals surface area contributed by atoms with E-state index in [4.69, 9.17) is 0 Å². The first-order valence-corrected chi connectivity index (χ1v) is 7.24. The molecular weight excluding hydrogens is 276 g/mol. The Morgan fingerprint density at radius 1 is 1.23 bits per heavy atom. The van der Waals surface area contributed by atoms with Crippen molar-refractivity contribution in [2.45, 2.75) is 19.4 Å². The molecule has 0 radical (unpaired) electrons. The van der Waals surface area contributed by atoms with Crippen molar-refractivity contribution in [3.8, 4) is 0 Å². The molecule has 1 atom stereocenters. The van der Waals surface area contributed by atoms with Crippen molar-refractivity contribution in [3.63, 3.8) is 0 Å². The lowest BCUT2D eigenvalue weighted by molar-refractivity contribution is -0.121. The highest BCUT2D eigenvalue weighted by molar-refractivity contribution is 5.87. The quantitative estimate of drug-likeness (QED) is 0.803. The number of nitrogens with one attached hydrogen (secondary N) is 1. The summed E-state index contributed by atoms with van der Waals surface area (Å²) in [4.78, 5) is 20.9. The van der Waals surface area contributed by atoms with Crippen LogP contribution in [0.4, 0.5) is 0 Å². The molecule has 3 aromatic rings. The average Bonchev–Trinajstić information content (AvgIpc) is 2.85. The second-order valence-electron chi connectivity index (χ2n) is 5.36. The molecule has 0 saturated heterocycles. The molecule has 5 heteroatoms. The van der Waals surface area contributed by atoms with E-state index in [1.54, 1.807) is 12.4 Å². The molecule has 0 aliphatic rings. The summed E-state index contributed by atoms with van der Waals surface area (Å²) in [5.41, 5.74) is 2.73. The lowest BCUT2D eigenvalue weighted by atomic mass is 10.1. The van der Waals surface area contributed by atoms with Gasteiger partial charge in [-0.05, 0) is 36.8 Å². The molecule has 112 valence electrons. The van der Waals surface area contributed by atoms with E-state index in [9.17, 15) is 4.79 Å². The Bertz CT molecular complexity index is 795. The van der Waals surface area contributed by atoms with Crippen LogP contribution in [0.2, 0.25) is 0 Å². The smallest absolute Gasteiger partial charge is 0.225 e. The largest absolute Gasteiger partial charge is 0.348 e. The summed E-state index contributed by atoms with van der Waals surface area (Å²) < 4.78 is 1.94. The van der Waals surface area contributed by atoms with Crippen LogP contribution in [0, 0.1) is 0 Å². The van der Waals surface area contributed by atoms with Crippen molar-refractivity contribution in [1.29, 1.82) is 0 Å². The van der Waals surface area contributed by atoms with Gasteiger partial charge in [-0.3, -0.25) is 9.78 Å². The summed E-state index contributed by atoms with van der Waals surface area (Å²) in [7, 11) is 1.94. The van der Waals surface area contributed by atoms with E-state index in [1.165, 1.54) is 0 Å². The van der Waals surface area contributed by atoms with Crippen LogP contribution in [-0.4, -0.2) is 20.4 Å². The maximum Gasteiger partial charge on any atom is 0.225 e. The van der Waals surface area contributed by atoms with Crippen LogP contribution in [-0.2, 0) is 18.3 Å². The van der Waals surface area contributed by atoms with Gasteiger partial charge in [0.05, 0.1) is 18.2 Å². The number of hydrogen-bond acceptors (Lipinski definition) is 3. The van der Waals surface area contributed by atoms with Crippen LogP contribution in [0.5, 0.6) is 0 Å². The number of amides is 1. The minimum Gasteiger partial charge on any atom is -0.348 e. The molecule has 0 fully saturated rings. The van der Waals surface area contributed by atoms with E-state index in [-0.39, 0.29) is 11.9 Å². The van der Waals surface area contributed by atoms with E-state index in [1.807, 2.05) is 55.1 Å². The van der Waals surface area contributed by atoms with E-state index in [0.717, 1.165) is 22.3 Å². The maximum atomic E-state index is 12.3. The van der Waals surface area contributed by atoms with Gasteiger partial charge in [0, 0.05) is 31.0 Å². The minimum atomic E-state index is -0.109. The summed E-state index contributed by atoms with van der Waals surface area (Å²) in [6.07, 6.45) is 5.78. The molecule has 3 heterocycles. The maximum absolute atomic E-state index is 12.3. The van der Waals surface area contributed by atoms with Gasteiger partial charge in [-0.2, -0.15) is 0 Å². The normalized spacial score (nSPS) is 12.3. The van der Waals surface area contributed by atoms with Gasteiger partial charge in [-0.15, -0.1) is 0 Å². The zero-order valence-corrected chi connectivity index (χ0v) is 12.7. The number of pyridine rings is 2. The third-order valence-electron chi connectivity index (χ3n) is 3.68. The van der Waals surface area contributed by atoms with E-state index >= 15 is 0 Å². The number of hydrogen-bond donors (Lipinski definition) is 1. The molecule has 1 N–H and O–H groups in total. The van der Waals surface area contributed by atoms with Gasteiger partial charge in [-0.25, -0.2) is 4.98 Å². The molecule has 3 rings (SSSR count). The molecule has 22 heavy (non-hydrogen) atoms. The molecule has 0 spiro atoms. The Kier molecular flexibility index (Phi) is 3.87. The molecule has 0 aliphatic heterocycles. The Labute approximate surface area is 129 Å². The van der Waals surface area contributed by atoms with Crippen molar-refractivity contribution in [1.82, 2.24) is 19.9 Å².